The van der Waals surface area contributed by atoms with Crippen molar-refractivity contribution < 1.29 is 34.8 Å². The average Bonchev–Trinajstić information content (AvgIpc) is 2.54. The lowest BCUT2D eigenvalue weighted by Gasteiger charge is -2.39. The highest BCUT2D eigenvalue weighted by atomic mass is 16.7. The Labute approximate surface area is 129 Å². The number of rotatable bonds is 4. The van der Waals surface area contributed by atoms with Crippen LogP contribution in [0.4, 0.5) is 5.69 Å². The van der Waals surface area contributed by atoms with Crippen molar-refractivity contribution in [2.24, 2.45) is 0 Å². The lowest BCUT2D eigenvalue weighted by atomic mass is 9.99. The summed E-state index contributed by atoms with van der Waals surface area (Å²) in [5.74, 6) is -0.0171. The second kappa shape index (κ2) is 6.86. The molecule has 0 amide bonds. The van der Waals surface area contributed by atoms with Gasteiger partial charge in [-0.2, -0.15) is 5.26 Å². The van der Waals surface area contributed by atoms with Gasteiger partial charge in [0.15, 0.2) is 0 Å². The third-order valence-corrected chi connectivity index (χ3v) is 3.39. The van der Waals surface area contributed by atoms with Crippen LogP contribution in [-0.2, 0) is 4.74 Å². The van der Waals surface area contributed by atoms with Crippen molar-refractivity contribution >= 4 is 5.69 Å². The molecule has 1 aliphatic rings. The van der Waals surface area contributed by atoms with Crippen LogP contribution in [0, 0.1) is 21.4 Å². The summed E-state index contributed by atoms with van der Waals surface area (Å²) in [7, 11) is 0. The minimum Gasteiger partial charge on any atom is -0.462 e. The Kier molecular flexibility index (Phi) is 5.09. The first-order chi connectivity index (χ1) is 10.9. The van der Waals surface area contributed by atoms with Crippen molar-refractivity contribution in [1.29, 1.82) is 5.26 Å². The van der Waals surface area contributed by atoms with E-state index in [1.807, 2.05) is 0 Å². The van der Waals surface area contributed by atoms with Gasteiger partial charge in [-0.3, -0.25) is 10.1 Å². The summed E-state index contributed by atoms with van der Waals surface area (Å²) in [4.78, 5) is 10.0. The fourth-order valence-corrected chi connectivity index (χ4v) is 2.14. The van der Waals surface area contributed by atoms with Gasteiger partial charge in [0.1, 0.15) is 41.8 Å². The summed E-state index contributed by atoms with van der Waals surface area (Å²) in [6, 6.07) is 4.98. The van der Waals surface area contributed by atoms with Crippen LogP contribution in [0.3, 0.4) is 0 Å². The highest BCUT2D eigenvalue weighted by molar-refractivity contribution is 5.52. The summed E-state index contributed by atoms with van der Waals surface area (Å²) in [5, 5.41) is 57.9. The second-order valence-electron chi connectivity index (χ2n) is 4.86. The maximum Gasteiger partial charge on any atom is 0.287 e. The molecule has 0 aromatic heterocycles. The van der Waals surface area contributed by atoms with Gasteiger partial charge in [-0.25, -0.2) is 0 Å². The summed E-state index contributed by atoms with van der Waals surface area (Å²) in [6.45, 7) is -0.617. The van der Waals surface area contributed by atoms with Gasteiger partial charge in [0.05, 0.1) is 11.5 Å². The van der Waals surface area contributed by atoms with Gasteiger partial charge < -0.3 is 29.9 Å². The zero-order chi connectivity index (χ0) is 17.1. The summed E-state index contributed by atoms with van der Waals surface area (Å²) >= 11 is 0. The van der Waals surface area contributed by atoms with E-state index in [1.165, 1.54) is 6.07 Å². The molecular formula is C13H14N2O8. The Morgan fingerprint density at radius 1 is 1.30 bits per heavy atom. The van der Waals surface area contributed by atoms with Crippen molar-refractivity contribution in [3.8, 4) is 11.8 Å². The Bertz CT molecular complexity index is 629. The number of nitro benzene ring substituents is 1. The molecule has 1 aromatic rings. The summed E-state index contributed by atoms with van der Waals surface area (Å²) in [6.07, 6.45) is -7.33. The number of aliphatic hydroxyl groups excluding tert-OH is 4. The predicted molar refractivity (Wildman–Crippen MR) is 72.2 cm³/mol. The minimum absolute atomic E-state index is 0.0171. The number of nitriles is 1. The van der Waals surface area contributed by atoms with E-state index in [2.05, 4.69) is 0 Å². The lowest BCUT2D eigenvalue weighted by molar-refractivity contribution is -0.385. The number of nitrogens with zero attached hydrogens (tertiary/aromatic N) is 2. The van der Waals surface area contributed by atoms with Gasteiger partial charge in [0.2, 0.25) is 6.29 Å². The highest BCUT2D eigenvalue weighted by Gasteiger charge is 2.44. The SMILES string of the molecule is N#Cc1cc(O[C@@H]2O[C@H](CO)[C@H](O)[C@H](O)[C@H]2O)ccc1[N+](=O)[O-]. The fraction of sp³-hybridized carbons (Fsp3) is 0.462. The quantitative estimate of drug-likeness (QED) is 0.386. The van der Waals surface area contributed by atoms with E-state index < -0.39 is 47.9 Å². The summed E-state index contributed by atoms with van der Waals surface area (Å²) in [5.41, 5.74) is -0.661. The molecule has 23 heavy (non-hydrogen) atoms. The minimum atomic E-state index is -1.62. The van der Waals surface area contributed by atoms with Crippen LogP contribution < -0.4 is 4.74 Å². The van der Waals surface area contributed by atoms with Crippen LogP contribution >= 0.6 is 0 Å². The Hall–Kier alpha value is -2.29. The third-order valence-electron chi connectivity index (χ3n) is 3.39. The third kappa shape index (κ3) is 3.39. The van der Waals surface area contributed by atoms with E-state index in [0.29, 0.717) is 0 Å². The topological polar surface area (TPSA) is 166 Å². The van der Waals surface area contributed by atoms with Crippen molar-refractivity contribution in [3.05, 3.63) is 33.9 Å². The number of nitro groups is 1. The molecule has 1 saturated heterocycles. The van der Waals surface area contributed by atoms with Gasteiger partial charge in [-0.1, -0.05) is 0 Å². The number of hydrogen-bond donors (Lipinski definition) is 4. The van der Waals surface area contributed by atoms with E-state index >= 15 is 0 Å². The van der Waals surface area contributed by atoms with Gasteiger partial charge in [-0.05, 0) is 6.07 Å². The summed E-state index contributed by atoms with van der Waals surface area (Å²) < 4.78 is 10.4. The van der Waals surface area contributed by atoms with Gasteiger partial charge in [0.25, 0.3) is 5.69 Å². The van der Waals surface area contributed by atoms with Gasteiger partial charge >= 0.3 is 0 Å². The average molecular weight is 326 g/mol. The van der Waals surface area contributed by atoms with Crippen molar-refractivity contribution in [1.82, 2.24) is 0 Å². The molecule has 1 aliphatic heterocycles. The van der Waals surface area contributed by atoms with E-state index in [4.69, 9.17) is 19.8 Å². The Morgan fingerprint density at radius 3 is 2.57 bits per heavy atom. The largest absolute Gasteiger partial charge is 0.462 e. The first kappa shape index (κ1) is 17.1. The molecule has 2 rings (SSSR count). The normalized spacial score (nSPS) is 30.5. The lowest BCUT2D eigenvalue weighted by Crippen LogP contribution is -2.60. The first-order valence-corrected chi connectivity index (χ1v) is 6.54. The van der Waals surface area contributed by atoms with Crippen molar-refractivity contribution in [2.75, 3.05) is 6.61 Å². The van der Waals surface area contributed by atoms with Crippen LogP contribution in [0.1, 0.15) is 5.56 Å². The van der Waals surface area contributed by atoms with E-state index in [-0.39, 0.29) is 11.3 Å². The molecule has 0 unspecified atom stereocenters. The standard InChI is InChI=1S/C13H14N2O8/c14-4-6-3-7(1-2-8(6)15(20)21)22-13-12(19)11(18)10(17)9(5-16)23-13/h1-3,9-13,16-19H,5H2/t9-,10+,11+,12-,13-/m1/s1. The Morgan fingerprint density at radius 2 is 2.00 bits per heavy atom. The Balaban J connectivity index is 2.21. The number of ether oxygens (including phenoxy) is 2. The van der Waals surface area contributed by atoms with Crippen LogP contribution in [0.15, 0.2) is 18.2 Å². The molecule has 10 nitrogen and oxygen atoms in total. The molecule has 0 bridgehead atoms. The van der Waals surface area contributed by atoms with E-state index in [1.54, 1.807) is 6.07 Å². The second-order valence-corrected chi connectivity index (χ2v) is 4.86. The molecule has 1 aromatic carbocycles. The predicted octanol–water partition coefficient (Wildman–Crippen LogP) is -1.35. The smallest absolute Gasteiger partial charge is 0.287 e. The molecule has 0 radical (unpaired) electrons. The van der Waals surface area contributed by atoms with E-state index in [9.17, 15) is 25.4 Å². The fourth-order valence-electron chi connectivity index (χ4n) is 2.14. The van der Waals surface area contributed by atoms with Crippen molar-refractivity contribution in [2.45, 2.75) is 30.7 Å². The molecule has 1 fully saturated rings. The molecule has 4 N–H and O–H groups in total. The zero-order valence-corrected chi connectivity index (χ0v) is 11.6. The molecule has 124 valence electrons. The maximum absolute atomic E-state index is 10.8. The molecule has 5 atom stereocenters. The molecule has 0 spiro atoms. The maximum atomic E-state index is 10.8. The zero-order valence-electron chi connectivity index (χ0n) is 11.6. The monoisotopic (exact) mass is 326 g/mol. The molecular weight excluding hydrogens is 312 g/mol. The van der Waals surface area contributed by atoms with Crippen LogP contribution in [-0.4, -0.2) is 62.7 Å². The van der Waals surface area contributed by atoms with Crippen LogP contribution in [0.25, 0.3) is 0 Å². The number of hydrogen-bond acceptors (Lipinski definition) is 9. The molecule has 0 aliphatic carbocycles. The van der Waals surface area contributed by atoms with Crippen LogP contribution in [0.2, 0.25) is 0 Å². The molecule has 0 saturated carbocycles. The number of benzene rings is 1. The van der Waals surface area contributed by atoms with Crippen molar-refractivity contribution in [3.63, 3.8) is 0 Å². The number of aliphatic hydroxyl groups is 4. The molecule has 1 heterocycles. The molecule has 10 heteroatoms. The van der Waals surface area contributed by atoms with Gasteiger partial charge in [0, 0.05) is 12.1 Å². The van der Waals surface area contributed by atoms with Gasteiger partial charge in [-0.15, -0.1) is 0 Å². The van der Waals surface area contributed by atoms with E-state index in [0.717, 1.165) is 12.1 Å². The highest BCUT2D eigenvalue weighted by Crippen LogP contribution is 2.27. The van der Waals surface area contributed by atoms with Crippen LogP contribution in [0.5, 0.6) is 5.75 Å². The first-order valence-electron chi connectivity index (χ1n) is 6.54.